The maximum Gasteiger partial charge on any atom is 0.229 e. The lowest BCUT2D eigenvalue weighted by Gasteiger charge is -2.21. The monoisotopic (exact) mass is 542 g/mol. The van der Waals surface area contributed by atoms with Gasteiger partial charge in [-0.25, -0.2) is 18.1 Å². The van der Waals surface area contributed by atoms with E-state index in [4.69, 9.17) is 9.52 Å². The molecule has 1 fully saturated rings. The van der Waals surface area contributed by atoms with Crippen LogP contribution in [0.25, 0.3) is 27.9 Å². The van der Waals surface area contributed by atoms with E-state index in [0.717, 1.165) is 71.5 Å². The summed E-state index contributed by atoms with van der Waals surface area (Å²) < 4.78 is 33.1. The molecule has 5 aromatic rings. The first-order chi connectivity index (χ1) is 18.8. The van der Waals surface area contributed by atoms with Crippen molar-refractivity contribution in [3.05, 3.63) is 84.4 Å². The van der Waals surface area contributed by atoms with Gasteiger partial charge in [0.2, 0.25) is 10.0 Å². The first-order valence-corrected chi connectivity index (χ1v) is 14.8. The van der Waals surface area contributed by atoms with Crippen LogP contribution in [0, 0.1) is 6.92 Å². The molecule has 0 saturated carbocycles. The Hall–Kier alpha value is -4.15. The second kappa shape index (κ2) is 10.2. The minimum atomic E-state index is -3.33. The van der Waals surface area contributed by atoms with Gasteiger partial charge in [0.05, 0.1) is 29.6 Å². The molecule has 0 aliphatic carbocycles. The molecule has 0 unspecified atom stereocenters. The first-order valence-electron chi connectivity index (χ1n) is 12.9. The van der Waals surface area contributed by atoms with E-state index in [1.807, 2.05) is 47.1 Å². The molecule has 3 N–H and O–H groups in total. The smallest absolute Gasteiger partial charge is 0.229 e. The van der Waals surface area contributed by atoms with E-state index < -0.39 is 10.0 Å². The zero-order valence-corrected chi connectivity index (χ0v) is 22.6. The minimum Gasteiger partial charge on any atom is -0.464 e. The molecule has 0 amide bonds. The van der Waals surface area contributed by atoms with Crippen molar-refractivity contribution in [2.24, 2.45) is 0 Å². The van der Waals surface area contributed by atoms with Gasteiger partial charge in [-0.3, -0.25) is 4.72 Å². The summed E-state index contributed by atoms with van der Waals surface area (Å²) >= 11 is 0. The average molecular weight is 543 g/mol. The molecular weight excluding hydrogens is 512 g/mol. The predicted molar refractivity (Wildman–Crippen MR) is 154 cm³/mol. The largest absolute Gasteiger partial charge is 0.464 e. The van der Waals surface area contributed by atoms with E-state index in [2.05, 4.69) is 33.3 Å². The number of pyridine rings is 1. The van der Waals surface area contributed by atoms with Crippen LogP contribution in [0.15, 0.2) is 77.5 Å². The van der Waals surface area contributed by atoms with Gasteiger partial charge in [-0.15, -0.1) is 0 Å². The third kappa shape index (κ3) is 5.39. The zero-order valence-electron chi connectivity index (χ0n) is 21.8. The SMILES string of the molecule is Cc1c(C2CCNCC2)nn(-c2ccc3occc3c2)c1-c1ccnc(Nc2ccc(NS(C)(=O)=O)cc2)c1. The normalized spacial score (nSPS) is 14.5. The summed E-state index contributed by atoms with van der Waals surface area (Å²) in [4.78, 5) is 4.53. The summed E-state index contributed by atoms with van der Waals surface area (Å²) in [5.41, 5.74) is 7.46. The standard InChI is InChI=1S/C29H30N6O3S/c1-19-28(20-9-13-30-14-10-20)33-35(25-7-8-26-21(17-25)12-16-38-26)29(19)22-11-15-31-27(18-22)32-23-3-5-24(6-4-23)34-39(2,36)37/h3-8,11-12,15-18,20,30,34H,9-10,13-14H2,1-2H3,(H,31,32). The Morgan fingerprint density at radius 3 is 2.54 bits per heavy atom. The number of nitrogens with zero attached hydrogens (tertiary/aromatic N) is 3. The number of aromatic nitrogens is 3. The second-order valence-electron chi connectivity index (χ2n) is 9.94. The van der Waals surface area contributed by atoms with Crippen LogP contribution in [0.5, 0.6) is 0 Å². The number of furan rings is 1. The van der Waals surface area contributed by atoms with Gasteiger partial charge in [-0.1, -0.05) is 0 Å². The number of fused-ring (bicyclic) bond motifs is 1. The van der Waals surface area contributed by atoms with Gasteiger partial charge in [-0.05, 0) is 99.1 Å². The van der Waals surface area contributed by atoms with Crippen molar-refractivity contribution >= 4 is 38.2 Å². The molecule has 1 saturated heterocycles. The summed E-state index contributed by atoms with van der Waals surface area (Å²) in [6.07, 6.45) is 6.74. The molecule has 0 bridgehead atoms. The Morgan fingerprint density at radius 1 is 1.00 bits per heavy atom. The highest BCUT2D eigenvalue weighted by Crippen LogP contribution is 2.36. The van der Waals surface area contributed by atoms with E-state index >= 15 is 0 Å². The Kier molecular flexibility index (Phi) is 6.58. The Morgan fingerprint density at radius 2 is 1.77 bits per heavy atom. The van der Waals surface area contributed by atoms with Crippen LogP contribution in [0.1, 0.15) is 30.0 Å². The third-order valence-electron chi connectivity index (χ3n) is 7.06. The summed E-state index contributed by atoms with van der Waals surface area (Å²) in [5, 5.41) is 13.0. The van der Waals surface area contributed by atoms with Gasteiger partial charge < -0.3 is 15.1 Å². The summed E-state index contributed by atoms with van der Waals surface area (Å²) in [7, 11) is -3.33. The van der Waals surface area contributed by atoms with E-state index in [9.17, 15) is 8.42 Å². The van der Waals surface area contributed by atoms with Crippen LogP contribution in [-0.4, -0.2) is 42.5 Å². The Labute approximate surface area is 227 Å². The highest BCUT2D eigenvalue weighted by atomic mass is 32.2. The van der Waals surface area contributed by atoms with Crippen LogP contribution in [0.2, 0.25) is 0 Å². The minimum absolute atomic E-state index is 0.405. The molecular formula is C29H30N6O3S. The van der Waals surface area contributed by atoms with Crippen molar-refractivity contribution in [2.75, 3.05) is 29.4 Å². The molecule has 3 aromatic heterocycles. The summed E-state index contributed by atoms with van der Waals surface area (Å²) in [5.74, 6) is 1.08. The van der Waals surface area contributed by atoms with Crippen LogP contribution in [0.4, 0.5) is 17.2 Å². The second-order valence-corrected chi connectivity index (χ2v) is 11.7. The number of hydrogen-bond acceptors (Lipinski definition) is 7. The van der Waals surface area contributed by atoms with E-state index in [1.165, 1.54) is 5.56 Å². The van der Waals surface area contributed by atoms with Gasteiger partial charge >= 0.3 is 0 Å². The van der Waals surface area contributed by atoms with E-state index in [-0.39, 0.29) is 0 Å². The Balaban J connectivity index is 1.38. The van der Waals surface area contributed by atoms with Crippen molar-refractivity contribution in [3.63, 3.8) is 0 Å². The molecule has 0 atom stereocenters. The van der Waals surface area contributed by atoms with Crippen LogP contribution in [0.3, 0.4) is 0 Å². The number of hydrogen-bond donors (Lipinski definition) is 3. The van der Waals surface area contributed by atoms with Gasteiger partial charge in [0.1, 0.15) is 11.4 Å². The number of benzene rings is 2. The van der Waals surface area contributed by atoms with Crippen molar-refractivity contribution in [1.82, 2.24) is 20.1 Å². The molecule has 2 aromatic carbocycles. The topological polar surface area (TPSA) is 114 Å². The van der Waals surface area contributed by atoms with Gasteiger partial charge in [0, 0.05) is 34.4 Å². The number of rotatable bonds is 7. The summed E-state index contributed by atoms with van der Waals surface area (Å²) in [6, 6.07) is 19.2. The van der Waals surface area contributed by atoms with E-state index in [0.29, 0.717) is 17.4 Å². The molecule has 9 nitrogen and oxygen atoms in total. The average Bonchev–Trinajstić information content (AvgIpc) is 3.53. The number of anilines is 3. The fourth-order valence-electron chi connectivity index (χ4n) is 5.24. The van der Waals surface area contributed by atoms with Crippen molar-refractivity contribution in [1.29, 1.82) is 0 Å². The van der Waals surface area contributed by atoms with Crippen LogP contribution >= 0.6 is 0 Å². The van der Waals surface area contributed by atoms with Gasteiger partial charge in [0.25, 0.3) is 0 Å². The third-order valence-corrected chi connectivity index (χ3v) is 7.67. The van der Waals surface area contributed by atoms with Crippen LogP contribution in [-0.2, 0) is 10.0 Å². The lowest BCUT2D eigenvalue weighted by molar-refractivity contribution is 0.450. The molecule has 10 heteroatoms. The molecule has 6 rings (SSSR count). The predicted octanol–water partition coefficient (Wildman–Crippen LogP) is 5.57. The quantitative estimate of drug-likeness (QED) is 0.246. The number of sulfonamides is 1. The van der Waals surface area contributed by atoms with Crippen LogP contribution < -0.4 is 15.4 Å². The number of piperidine rings is 1. The lowest BCUT2D eigenvalue weighted by atomic mass is 9.91. The Bertz CT molecular complexity index is 1730. The maximum absolute atomic E-state index is 11.5. The lowest BCUT2D eigenvalue weighted by Crippen LogP contribution is -2.27. The first kappa shape index (κ1) is 25.1. The molecule has 1 aliphatic heterocycles. The fraction of sp³-hybridized carbons (Fsp3) is 0.241. The van der Waals surface area contributed by atoms with Gasteiger partial charge in [-0.2, -0.15) is 5.10 Å². The summed E-state index contributed by atoms with van der Waals surface area (Å²) in [6.45, 7) is 4.15. The molecule has 39 heavy (non-hydrogen) atoms. The molecule has 4 heterocycles. The van der Waals surface area contributed by atoms with Gasteiger partial charge in [0.15, 0.2) is 0 Å². The molecule has 200 valence electrons. The van der Waals surface area contributed by atoms with Crippen molar-refractivity contribution < 1.29 is 12.8 Å². The fourth-order valence-corrected chi connectivity index (χ4v) is 5.80. The molecule has 1 aliphatic rings. The molecule has 0 spiro atoms. The highest BCUT2D eigenvalue weighted by Gasteiger charge is 2.25. The number of nitrogens with one attached hydrogen (secondary N) is 3. The zero-order chi connectivity index (χ0) is 27.0. The molecule has 0 radical (unpaired) electrons. The highest BCUT2D eigenvalue weighted by molar-refractivity contribution is 7.92. The maximum atomic E-state index is 11.5. The van der Waals surface area contributed by atoms with Crippen molar-refractivity contribution in [2.45, 2.75) is 25.7 Å². The van der Waals surface area contributed by atoms with E-state index in [1.54, 1.807) is 24.6 Å². The van der Waals surface area contributed by atoms with Crippen molar-refractivity contribution in [3.8, 4) is 16.9 Å².